The van der Waals surface area contributed by atoms with Crippen LogP contribution in [0.25, 0.3) is 17.2 Å². The highest BCUT2D eigenvalue weighted by Crippen LogP contribution is 2.30. The summed E-state index contributed by atoms with van der Waals surface area (Å²) in [6.07, 6.45) is 1.83. The van der Waals surface area contributed by atoms with Gasteiger partial charge in [-0.05, 0) is 28.8 Å². The normalized spacial score (nSPS) is 9.93. The molecule has 2 aromatic rings. The molecule has 0 amide bonds. The third kappa shape index (κ3) is 2.02. The van der Waals surface area contributed by atoms with Crippen molar-refractivity contribution in [3.63, 3.8) is 0 Å². The van der Waals surface area contributed by atoms with Crippen molar-refractivity contribution in [1.29, 1.82) is 0 Å². The van der Waals surface area contributed by atoms with Gasteiger partial charge >= 0.3 is 0 Å². The molecule has 0 saturated heterocycles. The lowest BCUT2D eigenvalue weighted by Crippen LogP contribution is -1.83. The second-order valence-electron chi connectivity index (χ2n) is 3.18. The predicted octanol–water partition coefficient (Wildman–Crippen LogP) is 4.56. The first-order chi connectivity index (χ1) is 7.33. The Balaban J connectivity index is 2.64. The highest BCUT2D eigenvalue weighted by Gasteiger charge is 2.04. The summed E-state index contributed by atoms with van der Waals surface area (Å²) < 4.78 is 1.09. The minimum Gasteiger partial charge on any atom is -0.0984 e. The van der Waals surface area contributed by atoms with E-state index in [0.29, 0.717) is 0 Å². The Morgan fingerprint density at radius 3 is 2.53 bits per heavy atom. The first-order valence-electron chi connectivity index (χ1n) is 4.71. The van der Waals surface area contributed by atoms with E-state index in [4.69, 9.17) is 0 Å². The molecular formula is C14H10Br. The molecule has 0 bridgehead atoms. The Morgan fingerprint density at radius 2 is 1.80 bits per heavy atom. The molecule has 0 fully saturated rings. The third-order valence-corrected chi connectivity index (χ3v) is 2.95. The van der Waals surface area contributed by atoms with Gasteiger partial charge in [-0.1, -0.05) is 65.0 Å². The molecule has 0 atom stereocenters. The summed E-state index contributed by atoms with van der Waals surface area (Å²) in [5.41, 5.74) is 3.36. The molecule has 0 aliphatic heterocycles. The lowest BCUT2D eigenvalue weighted by molar-refractivity contribution is 1.56. The van der Waals surface area contributed by atoms with Crippen LogP contribution in [-0.4, -0.2) is 0 Å². The summed E-state index contributed by atoms with van der Waals surface area (Å²) in [5, 5.41) is 0. The fourth-order valence-electron chi connectivity index (χ4n) is 1.53. The lowest BCUT2D eigenvalue weighted by Gasteiger charge is -2.07. The van der Waals surface area contributed by atoms with Crippen LogP contribution in [0.4, 0.5) is 0 Å². The molecule has 15 heavy (non-hydrogen) atoms. The molecule has 0 spiro atoms. The van der Waals surface area contributed by atoms with Gasteiger partial charge in [0.15, 0.2) is 0 Å². The summed E-state index contributed by atoms with van der Waals surface area (Å²) in [4.78, 5) is 0. The Labute approximate surface area is 98.4 Å². The SMILES string of the molecule is C=Cc1[c]cccc1-c1ccccc1Br. The maximum absolute atomic E-state index is 3.80. The van der Waals surface area contributed by atoms with Gasteiger partial charge in [-0.15, -0.1) is 0 Å². The van der Waals surface area contributed by atoms with Crippen LogP contribution in [0, 0.1) is 6.07 Å². The standard InChI is InChI=1S/C14H10Br/c1-2-11-7-3-4-8-12(11)13-9-5-6-10-14(13)15/h2-6,8-10H,1H2. The van der Waals surface area contributed by atoms with Crippen LogP contribution < -0.4 is 0 Å². The average Bonchev–Trinajstić information content (AvgIpc) is 2.30. The topological polar surface area (TPSA) is 0 Å². The van der Waals surface area contributed by atoms with Gasteiger partial charge in [0.2, 0.25) is 0 Å². The van der Waals surface area contributed by atoms with Crippen LogP contribution in [-0.2, 0) is 0 Å². The molecule has 0 heterocycles. The summed E-state index contributed by atoms with van der Waals surface area (Å²) in [6.45, 7) is 3.80. The molecule has 0 aliphatic carbocycles. The Hall–Kier alpha value is -1.34. The van der Waals surface area contributed by atoms with Gasteiger partial charge < -0.3 is 0 Å². The zero-order valence-electron chi connectivity index (χ0n) is 8.20. The van der Waals surface area contributed by atoms with Gasteiger partial charge in [-0.2, -0.15) is 0 Å². The Morgan fingerprint density at radius 1 is 1.07 bits per heavy atom. The van der Waals surface area contributed by atoms with Gasteiger partial charge in [-0.25, -0.2) is 0 Å². The van der Waals surface area contributed by atoms with E-state index in [1.54, 1.807) is 0 Å². The van der Waals surface area contributed by atoms with Crippen LogP contribution in [0.1, 0.15) is 5.56 Å². The quantitative estimate of drug-likeness (QED) is 0.740. The van der Waals surface area contributed by atoms with Crippen molar-refractivity contribution in [2.24, 2.45) is 0 Å². The largest absolute Gasteiger partial charge is 0.0984 e. The molecule has 0 nitrogen and oxygen atoms in total. The van der Waals surface area contributed by atoms with Crippen LogP contribution in [0.5, 0.6) is 0 Å². The fourth-order valence-corrected chi connectivity index (χ4v) is 2.03. The fraction of sp³-hybridized carbons (Fsp3) is 0. The van der Waals surface area contributed by atoms with E-state index >= 15 is 0 Å². The molecule has 73 valence electrons. The lowest BCUT2D eigenvalue weighted by atomic mass is 10.00. The Kier molecular flexibility index (Phi) is 3.02. The van der Waals surface area contributed by atoms with Crippen LogP contribution in [0.2, 0.25) is 0 Å². The van der Waals surface area contributed by atoms with Gasteiger partial charge in [-0.3, -0.25) is 0 Å². The van der Waals surface area contributed by atoms with Crippen LogP contribution in [0.3, 0.4) is 0 Å². The molecule has 2 rings (SSSR count). The van der Waals surface area contributed by atoms with Crippen molar-refractivity contribution < 1.29 is 0 Å². The first kappa shape index (κ1) is 10.2. The van der Waals surface area contributed by atoms with E-state index in [9.17, 15) is 0 Å². The van der Waals surface area contributed by atoms with Gasteiger partial charge in [0.1, 0.15) is 0 Å². The Bertz CT molecular complexity index is 486. The molecule has 1 radical (unpaired) electrons. The third-order valence-electron chi connectivity index (χ3n) is 2.26. The van der Waals surface area contributed by atoms with Crippen molar-refractivity contribution in [2.75, 3.05) is 0 Å². The number of hydrogen-bond donors (Lipinski definition) is 0. The molecule has 0 aromatic heterocycles. The second kappa shape index (κ2) is 4.45. The number of halogens is 1. The van der Waals surface area contributed by atoms with E-state index in [1.165, 1.54) is 5.56 Å². The van der Waals surface area contributed by atoms with Crippen molar-refractivity contribution in [3.8, 4) is 11.1 Å². The monoisotopic (exact) mass is 257 g/mol. The molecule has 0 N–H and O–H groups in total. The van der Waals surface area contributed by atoms with Gasteiger partial charge in [0, 0.05) is 4.47 Å². The molecule has 0 unspecified atom stereocenters. The highest BCUT2D eigenvalue weighted by molar-refractivity contribution is 9.10. The van der Waals surface area contributed by atoms with E-state index in [2.05, 4.69) is 40.7 Å². The molecular weight excluding hydrogens is 248 g/mol. The van der Waals surface area contributed by atoms with E-state index in [1.807, 2.05) is 36.4 Å². The first-order valence-corrected chi connectivity index (χ1v) is 5.50. The summed E-state index contributed by atoms with van der Waals surface area (Å²) in [5.74, 6) is 0. The molecule has 0 aliphatic rings. The minimum atomic E-state index is 1.03. The maximum Gasteiger partial charge on any atom is 0.0253 e. The van der Waals surface area contributed by atoms with E-state index in [-0.39, 0.29) is 0 Å². The van der Waals surface area contributed by atoms with Crippen LogP contribution in [0.15, 0.2) is 53.5 Å². The predicted molar refractivity (Wildman–Crippen MR) is 68.5 cm³/mol. The van der Waals surface area contributed by atoms with Crippen molar-refractivity contribution in [1.82, 2.24) is 0 Å². The molecule has 0 saturated carbocycles. The number of benzene rings is 2. The summed E-state index contributed by atoms with van der Waals surface area (Å²) in [7, 11) is 0. The molecule has 1 heteroatoms. The summed E-state index contributed by atoms with van der Waals surface area (Å²) in [6, 6.07) is 17.3. The van der Waals surface area contributed by atoms with Gasteiger partial charge in [0.25, 0.3) is 0 Å². The maximum atomic E-state index is 3.80. The number of rotatable bonds is 2. The van der Waals surface area contributed by atoms with Gasteiger partial charge in [0.05, 0.1) is 0 Å². The van der Waals surface area contributed by atoms with Crippen molar-refractivity contribution in [3.05, 3.63) is 65.1 Å². The zero-order valence-corrected chi connectivity index (χ0v) is 9.79. The van der Waals surface area contributed by atoms with E-state index in [0.717, 1.165) is 15.6 Å². The number of hydrogen-bond acceptors (Lipinski definition) is 0. The minimum absolute atomic E-state index is 1.03. The zero-order chi connectivity index (χ0) is 10.7. The highest BCUT2D eigenvalue weighted by atomic mass is 79.9. The van der Waals surface area contributed by atoms with Crippen molar-refractivity contribution in [2.45, 2.75) is 0 Å². The van der Waals surface area contributed by atoms with Crippen LogP contribution >= 0.6 is 15.9 Å². The second-order valence-corrected chi connectivity index (χ2v) is 4.04. The molecule has 2 aromatic carbocycles. The summed E-state index contributed by atoms with van der Waals surface area (Å²) >= 11 is 3.55. The smallest absolute Gasteiger partial charge is 0.0253 e. The van der Waals surface area contributed by atoms with E-state index < -0.39 is 0 Å². The van der Waals surface area contributed by atoms with Crippen molar-refractivity contribution >= 4 is 22.0 Å². The average molecular weight is 258 g/mol.